The van der Waals surface area contributed by atoms with Gasteiger partial charge in [-0.05, 0) is 44.1 Å². The van der Waals surface area contributed by atoms with Crippen molar-refractivity contribution in [1.29, 1.82) is 0 Å². The summed E-state index contributed by atoms with van der Waals surface area (Å²) in [6.45, 7) is 3.98. The fourth-order valence-corrected chi connectivity index (χ4v) is 2.20. The molecule has 0 aromatic heterocycles. The summed E-state index contributed by atoms with van der Waals surface area (Å²) in [6, 6.07) is 10.4. The maximum absolute atomic E-state index is 11.9. The average molecular weight is 261 g/mol. The minimum absolute atomic E-state index is 0.150. The zero-order chi connectivity index (χ0) is 13.5. The van der Waals surface area contributed by atoms with Crippen molar-refractivity contribution in [2.24, 2.45) is 5.92 Å². The van der Waals surface area contributed by atoms with Gasteiger partial charge in [-0.2, -0.15) is 0 Å². The van der Waals surface area contributed by atoms with Crippen LogP contribution in [0.2, 0.25) is 0 Å². The first-order chi connectivity index (χ1) is 9.29. The standard InChI is InChI=1S/C16H23NO2/c1-2-19-16(18)17(13-15-10-11-15)12-6-9-14-7-4-3-5-8-14/h3-5,7-8,15H,2,6,9-13H2,1H3. The van der Waals surface area contributed by atoms with Crippen molar-refractivity contribution < 1.29 is 9.53 Å². The fourth-order valence-electron chi connectivity index (χ4n) is 2.20. The monoisotopic (exact) mass is 261 g/mol. The minimum Gasteiger partial charge on any atom is -0.450 e. The Labute approximate surface area is 115 Å². The van der Waals surface area contributed by atoms with Crippen LogP contribution in [0.1, 0.15) is 31.7 Å². The summed E-state index contributed by atoms with van der Waals surface area (Å²) in [5, 5.41) is 0. The van der Waals surface area contributed by atoms with Crippen LogP contribution in [0.25, 0.3) is 0 Å². The summed E-state index contributed by atoms with van der Waals surface area (Å²) in [6.07, 6.45) is 4.38. The fraction of sp³-hybridized carbons (Fsp3) is 0.562. The lowest BCUT2D eigenvalue weighted by Crippen LogP contribution is -2.34. The largest absolute Gasteiger partial charge is 0.450 e. The highest BCUT2D eigenvalue weighted by Gasteiger charge is 2.27. The molecule has 19 heavy (non-hydrogen) atoms. The summed E-state index contributed by atoms with van der Waals surface area (Å²) in [4.78, 5) is 13.7. The van der Waals surface area contributed by atoms with Crippen molar-refractivity contribution in [3.05, 3.63) is 35.9 Å². The van der Waals surface area contributed by atoms with Crippen LogP contribution in [0.3, 0.4) is 0 Å². The van der Waals surface area contributed by atoms with Gasteiger partial charge in [0.25, 0.3) is 0 Å². The van der Waals surface area contributed by atoms with Gasteiger partial charge < -0.3 is 9.64 Å². The molecule has 3 heteroatoms. The first-order valence-corrected chi connectivity index (χ1v) is 7.25. The van der Waals surface area contributed by atoms with E-state index in [9.17, 15) is 4.79 Å². The molecule has 1 saturated carbocycles. The summed E-state index contributed by atoms with van der Waals surface area (Å²) in [7, 11) is 0. The maximum Gasteiger partial charge on any atom is 0.409 e. The van der Waals surface area contributed by atoms with E-state index in [1.807, 2.05) is 17.9 Å². The van der Waals surface area contributed by atoms with E-state index in [-0.39, 0.29) is 6.09 Å². The number of hydrogen-bond acceptors (Lipinski definition) is 2. The molecular weight excluding hydrogens is 238 g/mol. The molecule has 0 heterocycles. The first kappa shape index (κ1) is 13.9. The number of benzene rings is 1. The van der Waals surface area contributed by atoms with Gasteiger partial charge >= 0.3 is 6.09 Å². The van der Waals surface area contributed by atoms with Crippen molar-refractivity contribution in [2.75, 3.05) is 19.7 Å². The van der Waals surface area contributed by atoms with Gasteiger partial charge in [-0.3, -0.25) is 0 Å². The zero-order valence-electron chi connectivity index (χ0n) is 11.7. The van der Waals surface area contributed by atoms with E-state index in [4.69, 9.17) is 4.74 Å². The quantitative estimate of drug-likeness (QED) is 0.752. The van der Waals surface area contributed by atoms with Gasteiger partial charge in [-0.25, -0.2) is 4.79 Å². The first-order valence-electron chi connectivity index (χ1n) is 7.25. The van der Waals surface area contributed by atoms with Crippen molar-refractivity contribution in [2.45, 2.75) is 32.6 Å². The van der Waals surface area contributed by atoms with Crippen LogP contribution in [-0.2, 0) is 11.2 Å². The van der Waals surface area contributed by atoms with Gasteiger partial charge in [-0.15, -0.1) is 0 Å². The predicted octanol–water partition coefficient (Wildman–Crippen LogP) is 3.49. The molecule has 1 aromatic carbocycles. The van der Waals surface area contributed by atoms with Gasteiger partial charge in [0.1, 0.15) is 0 Å². The average Bonchev–Trinajstić information content (AvgIpc) is 3.23. The highest BCUT2D eigenvalue weighted by Crippen LogP contribution is 2.30. The molecule has 0 aliphatic heterocycles. The third kappa shape index (κ3) is 4.93. The molecular formula is C16H23NO2. The van der Waals surface area contributed by atoms with Crippen LogP contribution >= 0.6 is 0 Å². The van der Waals surface area contributed by atoms with Crippen LogP contribution in [-0.4, -0.2) is 30.7 Å². The van der Waals surface area contributed by atoms with Crippen LogP contribution in [0, 0.1) is 5.92 Å². The number of ether oxygens (including phenoxy) is 1. The molecule has 0 N–H and O–H groups in total. The maximum atomic E-state index is 11.9. The number of rotatable bonds is 7. The highest BCUT2D eigenvalue weighted by atomic mass is 16.6. The third-order valence-corrected chi connectivity index (χ3v) is 3.44. The Hall–Kier alpha value is -1.51. The summed E-state index contributed by atoms with van der Waals surface area (Å²) in [5.74, 6) is 0.709. The van der Waals surface area contributed by atoms with Crippen molar-refractivity contribution in [1.82, 2.24) is 4.90 Å². The molecule has 104 valence electrons. The van der Waals surface area contributed by atoms with Crippen LogP contribution < -0.4 is 0 Å². The molecule has 1 fully saturated rings. The van der Waals surface area contributed by atoms with E-state index in [2.05, 4.69) is 24.3 Å². The Balaban J connectivity index is 1.76. The van der Waals surface area contributed by atoms with Gasteiger partial charge in [0.05, 0.1) is 6.61 Å². The van der Waals surface area contributed by atoms with E-state index in [0.717, 1.165) is 25.9 Å². The normalized spacial score (nSPS) is 14.2. The predicted molar refractivity (Wildman–Crippen MR) is 76.1 cm³/mol. The molecule has 0 atom stereocenters. The number of aryl methyl sites for hydroxylation is 1. The number of hydrogen-bond donors (Lipinski definition) is 0. The smallest absolute Gasteiger partial charge is 0.409 e. The zero-order valence-corrected chi connectivity index (χ0v) is 11.7. The molecule has 1 aromatic rings. The molecule has 1 aliphatic carbocycles. The molecule has 2 rings (SSSR count). The lowest BCUT2D eigenvalue weighted by Gasteiger charge is -2.21. The van der Waals surface area contributed by atoms with E-state index in [1.165, 1.54) is 18.4 Å². The third-order valence-electron chi connectivity index (χ3n) is 3.44. The van der Waals surface area contributed by atoms with E-state index >= 15 is 0 Å². The molecule has 0 saturated heterocycles. The Bertz CT molecular complexity index is 387. The topological polar surface area (TPSA) is 29.5 Å². The molecule has 0 spiro atoms. The Morgan fingerprint density at radius 2 is 2.05 bits per heavy atom. The lowest BCUT2D eigenvalue weighted by atomic mass is 10.1. The van der Waals surface area contributed by atoms with Crippen molar-refractivity contribution in [3.8, 4) is 0 Å². The van der Waals surface area contributed by atoms with E-state index < -0.39 is 0 Å². The second kappa shape index (κ2) is 7.17. The van der Waals surface area contributed by atoms with Crippen molar-refractivity contribution in [3.63, 3.8) is 0 Å². The van der Waals surface area contributed by atoms with Crippen LogP contribution in [0.15, 0.2) is 30.3 Å². The molecule has 1 aliphatic rings. The number of carbonyl (C=O) groups is 1. The number of nitrogens with zero attached hydrogens (tertiary/aromatic N) is 1. The minimum atomic E-state index is -0.150. The summed E-state index contributed by atoms with van der Waals surface area (Å²) >= 11 is 0. The number of amides is 1. The van der Waals surface area contributed by atoms with Gasteiger partial charge in [-0.1, -0.05) is 30.3 Å². The van der Waals surface area contributed by atoms with Crippen molar-refractivity contribution >= 4 is 6.09 Å². The van der Waals surface area contributed by atoms with Gasteiger partial charge in [0.2, 0.25) is 0 Å². The Morgan fingerprint density at radius 3 is 2.68 bits per heavy atom. The van der Waals surface area contributed by atoms with Crippen LogP contribution in [0.5, 0.6) is 0 Å². The molecule has 0 radical (unpaired) electrons. The molecule has 0 unspecified atom stereocenters. The Morgan fingerprint density at radius 1 is 1.32 bits per heavy atom. The molecule has 1 amide bonds. The Kier molecular flexibility index (Phi) is 5.25. The van der Waals surface area contributed by atoms with Gasteiger partial charge in [0, 0.05) is 13.1 Å². The number of carbonyl (C=O) groups excluding carboxylic acids is 1. The summed E-state index contributed by atoms with van der Waals surface area (Å²) in [5.41, 5.74) is 1.33. The van der Waals surface area contributed by atoms with E-state index in [0.29, 0.717) is 12.5 Å². The second-order valence-corrected chi connectivity index (χ2v) is 5.18. The molecule has 3 nitrogen and oxygen atoms in total. The SMILES string of the molecule is CCOC(=O)N(CCCc1ccccc1)CC1CC1. The second-order valence-electron chi connectivity index (χ2n) is 5.18. The van der Waals surface area contributed by atoms with Crippen LogP contribution in [0.4, 0.5) is 4.79 Å². The highest BCUT2D eigenvalue weighted by molar-refractivity contribution is 5.67. The lowest BCUT2D eigenvalue weighted by molar-refractivity contribution is 0.105. The summed E-state index contributed by atoms with van der Waals surface area (Å²) < 4.78 is 5.12. The van der Waals surface area contributed by atoms with Gasteiger partial charge in [0.15, 0.2) is 0 Å². The van der Waals surface area contributed by atoms with E-state index in [1.54, 1.807) is 0 Å². The molecule has 0 bridgehead atoms.